The normalized spacial score (nSPS) is 10.6. The van der Waals surface area contributed by atoms with Gasteiger partial charge in [-0.25, -0.2) is 0 Å². The summed E-state index contributed by atoms with van der Waals surface area (Å²) in [6.07, 6.45) is 2.14. The summed E-state index contributed by atoms with van der Waals surface area (Å²) in [6.45, 7) is 7.24. The van der Waals surface area contributed by atoms with Crippen LogP contribution in [-0.2, 0) is 19.1 Å². The van der Waals surface area contributed by atoms with Crippen LogP contribution in [0.1, 0.15) is 42.6 Å². The van der Waals surface area contributed by atoms with E-state index in [0.29, 0.717) is 11.1 Å². The third kappa shape index (κ3) is 4.72. The van der Waals surface area contributed by atoms with Gasteiger partial charge in [-0.3, -0.25) is 14.4 Å². The largest absolute Gasteiger partial charge is 0.465 e. The second-order valence-corrected chi connectivity index (χ2v) is 6.36. The first-order valence-electron chi connectivity index (χ1n) is 9.45. The summed E-state index contributed by atoms with van der Waals surface area (Å²) in [6, 6.07) is 11.1. The van der Waals surface area contributed by atoms with Crippen molar-refractivity contribution in [1.29, 1.82) is 0 Å². The van der Waals surface area contributed by atoms with E-state index in [4.69, 9.17) is 9.47 Å². The van der Waals surface area contributed by atoms with Gasteiger partial charge in [0.2, 0.25) is 0 Å². The molecule has 0 spiro atoms. The highest BCUT2D eigenvalue weighted by molar-refractivity contribution is 6.01. The number of carbonyl (C=O) groups is 3. The van der Waals surface area contributed by atoms with Crippen LogP contribution < -0.4 is 0 Å². The number of benzene rings is 2. The third-order valence-corrected chi connectivity index (χ3v) is 4.52. The maximum Gasteiger partial charge on any atom is 0.324 e. The standard InChI is InChI=1S/C24H24O5/c1-4-15-24(22(26)28-5-2,23(27)29-6-3)16-9-12-21-19(17-25)14-13-18-10-7-8-11-20(18)21/h4,7-8,10-11,13-14,17H,1,5-6,15-16H2,2-3H3. The van der Waals surface area contributed by atoms with Crippen molar-refractivity contribution in [3.63, 3.8) is 0 Å². The molecule has 5 heteroatoms. The van der Waals surface area contributed by atoms with Crippen LogP contribution in [0.4, 0.5) is 0 Å². The highest BCUT2D eigenvalue weighted by atomic mass is 16.6. The Kier molecular flexibility index (Phi) is 7.73. The molecule has 0 aromatic heterocycles. The summed E-state index contributed by atoms with van der Waals surface area (Å²) in [5, 5.41) is 1.77. The van der Waals surface area contributed by atoms with Crippen LogP contribution in [0, 0.1) is 17.3 Å². The monoisotopic (exact) mass is 392 g/mol. The topological polar surface area (TPSA) is 69.7 Å². The molecule has 0 fully saturated rings. The molecule has 0 aliphatic heterocycles. The van der Waals surface area contributed by atoms with E-state index in [-0.39, 0.29) is 26.1 Å². The lowest BCUT2D eigenvalue weighted by atomic mass is 9.81. The van der Waals surface area contributed by atoms with Gasteiger partial charge in [0.15, 0.2) is 11.7 Å². The molecule has 0 aliphatic carbocycles. The Hall–Kier alpha value is -3.39. The van der Waals surface area contributed by atoms with E-state index >= 15 is 0 Å². The summed E-state index contributed by atoms with van der Waals surface area (Å²) >= 11 is 0. The van der Waals surface area contributed by atoms with Crippen molar-refractivity contribution in [2.75, 3.05) is 13.2 Å². The van der Waals surface area contributed by atoms with Crippen molar-refractivity contribution in [3.05, 3.63) is 60.2 Å². The fourth-order valence-electron chi connectivity index (χ4n) is 3.06. The van der Waals surface area contributed by atoms with Crippen molar-refractivity contribution >= 4 is 29.0 Å². The van der Waals surface area contributed by atoms with Gasteiger partial charge in [-0.05, 0) is 37.1 Å². The van der Waals surface area contributed by atoms with E-state index in [1.54, 1.807) is 19.9 Å². The van der Waals surface area contributed by atoms with Crippen molar-refractivity contribution in [2.45, 2.75) is 26.7 Å². The quantitative estimate of drug-likeness (QED) is 0.223. The smallest absolute Gasteiger partial charge is 0.324 e. The molecule has 0 unspecified atom stereocenters. The first kappa shape index (κ1) is 21.9. The number of hydrogen-bond donors (Lipinski definition) is 0. The first-order valence-corrected chi connectivity index (χ1v) is 9.45. The van der Waals surface area contributed by atoms with E-state index in [9.17, 15) is 14.4 Å². The zero-order valence-corrected chi connectivity index (χ0v) is 16.7. The Morgan fingerprint density at radius 3 is 2.31 bits per heavy atom. The number of esters is 2. The molecule has 0 amide bonds. The predicted molar refractivity (Wildman–Crippen MR) is 111 cm³/mol. The van der Waals surface area contributed by atoms with E-state index < -0.39 is 17.4 Å². The molecule has 0 atom stereocenters. The van der Waals surface area contributed by atoms with Crippen LogP contribution in [0.2, 0.25) is 0 Å². The van der Waals surface area contributed by atoms with Crippen molar-refractivity contribution in [3.8, 4) is 11.8 Å². The van der Waals surface area contributed by atoms with Gasteiger partial charge in [0, 0.05) is 17.5 Å². The van der Waals surface area contributed by atoms with Gasteiger partial charge in [-0.15, -0.1) is 6.58 Å². The zero-order valence-electron chi connectivity index (χ0n) is 16.7. The molecule has 0 heterocycles. The van der Waals surface area contributed by atoms with E-state index in [1.165, 1.54) is 6.08 Å². The number of ether oxygens (including phenoxy) is 2. The number of hydrogen-bond acceptors (Lipinski definition) is 5. The number of carbonyl (C=O) groups excluding carboxylic acids is 3. The van der Waals surface area contributed by atoms with Gasteiger partial charge in [0.25, 0.3) is 0 Å². The third-order valence-electron chi connectivity index (χ3n) is 4.52. The first-order chi connectivity index (χ1) is 14.0. The maximum atomic E-state index is 12.7. The van der Waals surface area contributed by atoms with E-state index in [2.05, 4.69) is 18.4 Å². The molecular weight excluding hydrogens is 368 g/mol. The fraction of sp³-hybridized carbons (Fsp3) is 0.292. The molecule has 150 valence electrons. The van der Waals surface area contributed by atoms with Crippen LogP contribution in [-0.4, -0.2) is 31.4 Å². The van der Waals surface area contributed by atoms with E-state index in [0.717, 1.165) is 17.1 Å². The summed E-state index contributed by atoms with van der Waals surface area (Å²) in [7, 11) is 0. The average Bonchev–Trinajstić information content (AvgIpc) is 2.73. The van der Waals surface area contributed by atoms with Gasteiger partial charge in [-0.2, -0.15) is 0 Å². The van der Waals surface area contributed by atoms with Crippen LogP contribution in [0.15, 0.2) is 49.1 Å². The number of aldehydes is 1. The molecule has 2 aromatic rings. The zero-order chi connectivity index (χ0) is 21.3. The summed E-state index contributed by atoms with van der Waals surface area (Å²) < 4.78 is 10.3. The molecule has 0 saturated carbocycles. The molecule has 2 aromatic carbocycles. The Morgan fingerprint density at radius 2 is 1.72 bits per heavy atom. The van der Waals surface area contributed by atoms with Gasteiger partial charge >= 0.3 is 11.9 Å². The fourth-order valence-corrected chi connectivity index (χ4v) is 3.06. The minimum absolute atomic E-state index is 0.0371. The molecule has 0 aliphatic rings. The van der Waals surface area contributed by atoms with Crippen molar-refractivity contribution in [2.24, 2.45) is 5.41 Å². The Labute approximate surface area is 170 Å². The second kappa shape index (κ2) is 10.2. The lowest BCUT2D eigenvalue weighted by molar-refractivity contribution is -0.171. The Balaban J connectivity index is 2.52. The molecule has 29 heavy (non-hydrogen) atoms. The molecule has 2 rings (SSSR count). The van der Waals surface area contributed by atoms with Crippen LogP contribution >= 0.6 is 0 Å². The van der Waals surface area contributed by atoms with Crippen LogP contribution in [0.25, 0.3) is 10.8 Å². The van der Waals surface area contributed by atoms with Gasteiger partial charge in [0.05, 0.1) is 13.2 Å². The van der Waals surface area contributed by atoms with Crippen molar-refractivity contribution < 1.29 is 23.9 Å². The second-order valence-electron chi connectivity index (χ2n) is 6.36. The minimum atomic E-state index is -1.59. The SMILES string of the molecule is C=CCC(CC#Cc1c(C=O)ccc2ccccc12)(C(=O)OCC)C(=O)OCC. The number of allylic oxidation sites excluding steroid dienone is 1. The summed E-state index contributed by atoms with van der Waals surface area (Å²) in [5.41, 5.74) is -0.594. The van der Waals surface area contributed by atoms with Gasteiger partial charge in [0.1, 0.15) is 0 Å². The molecule has 0 N–H and O–H groups in total. The summed E-state index contributed by atoms with van der Waals surface area (Å²) in [5.74, 6) is 4.51. The van der Waals surface area contributed by atoms with Gasteiger partial charge < -0.3 is 9.47 Å². The Bertz CT molecular complexity index is 960. The lowest BCUT2D eigenvalue weighted by Gasteiger charge is -2.26. The predicted octanol–water partition coefficient (Wildman–Crippen LogP) is 4.08. The van der Waals surface area contributed by atoms with Crippen LogP contribution in [0.5, 0.6) is 0 Å². The molecule has 0 saturated heterocycles. The molecular formula is C24H24O5. The van der Waals surface area contributed by atoms with Crippen LogP contribution in [0.3, 0.4) is 0 Å². The average molecular weight is 392 g/mol. The highest BCUT2D eigenvalue weighted by Gasteiger charge is 2.47. The highest BCUT2D eigenvalue weighted by Crippen LogP contribution is 2.31. The number of rotatable bonds is 8. The van der Waals surface area contributed by atoms with Crippen molar-refractivity contribution in [1.82, 2.24) is 0 Å². The number of fused-ring (bicyclic) bond motifs is 1. The lowest BCUT2D eigenvalue weighted by Crippen LogP contribution is -2.41. The maximum absolute atomic E-state index is 12.7. The Morgan fingerprint density at radius 1 is 1.07 bits per heavy atom. The van der Waals surface area contributed by atoms with Gasteiger partial charge in [-0.1, -0.05) is 48.2 Å². The summed E-state index contributed by atoms with van der Waals surface area (Å²) in [4.78, 5) is 36.8. The van der Waals surface area contributed by atoms with E-state index in [1.807, 2.05) is 30.3 Å². The molecule has 5 nitrogen and oxygen atoms in total. The molecule has 0 bridgehead atoms. The molecule has 0 radical (unpaired) electrons. The minimum Gasteiger partial charge on any atom is -0.465 e.